The highest BCUT2D eigenvalue weighted by Crippen LogP contribution is 2.27. The third kappa shape index (κ3) is 2.93. The van der Waals surface area contributed by atoms with E-state index in [1.807, 2.05) is 0 Å². The molecule has 0 aliphatic rings. The minimum absolute atomic E-state index is 0.0578. The molecule has 1 rings (SSSR count). The van der Waals surface area contributed by atoms with Gasteiger partial charge in [0.05, 0.1) is 0 Å². The Morgan fingerprint density at radius 2 is 2.00 bits per heavy atom. The van der Waals surface area contributed by atoms with E-state index in [4.69, 9.17) is 0 Å². The van der Waals surface area contributed by atoms with Gasteiger partial charge >= 0.3 is 12.5 Å². The molecule has 0 unspecified atom stereocenters. The lowest BCUT2D eigenvalue weighted by molar-refractivity contribution is -0.253. The Morgan fingerprint density at radius 3 is 2.53 bits per heavy atom. The molecule has 1 aromatic carbocycles. The monoisotopic (exact) mass is 221 g/mol. The van der Waals surface area contributed by atoms with E-state index in [9.17, 15) is 22.4 Å². The predicted octanol–water partition coefficient (Wildman–Crippen LogP) is 2.38. The molecule has 15 heavy (non-hydrogen) atoms. The maximum Gasteiger partial charge on any atom is 0.461 e. The van der Waals surface area contributed by atoms with E-state index in [1.54, 1.807) is 0 Å². The SMILES string of the molecule is O=[C]c1cccc(OC(F)(F)C(F)F)c1. The van der Waals surface area contributed by atoms with Gasteiger partial charge in [0.25, 0.3) is 0 Å². The van der Waals surface area contributed by atoms with Crippen molar-refractivity contribution in [1.29, 1.82) is 0 Å². The largest absolute Gasteiger partial charge is 0.461 e. The molecule has 0 spiro atoms. The number of hydrogen-bond acceptors (Lipinski definition) is 2. The Labute approximate surface area is 82.5 Å². The second kappa shape index (κ2) is 4.29. The summed E-state index contributed by atoms with van der Waals surface area (Å²) < 4.78 is 52.0. The zero-order chi connectivity index (χ0) is 11.5. The molecule has 0 heterocycles. The van der Waals surface area contributed by atoms with Crippen LogP contribution in [0.2, 0.25) is 0 Å². The highest BCUT2D eigenvalue weighted by molar-refractivity contribution is 5.75. The van der Waals surface area contributed by atoms with Gasteiger partial charge in [-0.05, 0) is 12.1 Å². The topological polar surface area (TPSA) is 26.3 Å². The van der Waals surface area contributed by atoms with Crippen LogP contribution in [0.15, 0.2) is 24.3 Å². The van der Waals surface area contributed by atoms with Crippen LogP contribution in [0.1, 0.15) is 5.56 Å². The molecule has 0 N–H and O–H groups in total. The maximum absolute atomic E-state index is 12.4. The summed E-state index contributed by atoms with van der Waals surface area (Å²) in [6.07, 6.45) is -7.08. The maximum atomic E-state index is 12.4. The normalized spacial score (nSPS) is 11.5. The van der Waals surface area contributed by atoms with Crippen LogP contribution in [-0.4, -0.2) is 18.8 Å². The molecule has 0 aliphatic heterocycles. The van der Waals surface area contributed by atoms with Crippen LogP contribution in [0.5, 0.6) is 5.75 Å². The highest BCUT2D eigenvalue weighted by Gasteiger charge is 2.43. The third-order valence-corrected chi connectivity index (χ3v) is 1.46. The molecule has 0 fully saturated rings. The minimum Gasteiger partial charge on any atom is -0.428 e. The molecular formula is C9H5F4O2. The Bertz CT molecular complexity index is 352. The van der Waals surface area contributed by atoms with Gasteiger partial charge in [0, 0.05) is 5.56 Å². The summed E-state index contributed by atoms with van der Waals surface area (Å²) in [7, 11) is 0. The summed E-state index contributed by atoms with van der Waals surface area (Å²) in [5.41, 5.74) is -0.0578. The van der Waals surface area contributed by atoms with E-state index >= 15 is 0 Å². The van der Waals surface area contributed by atoms with Crippen LogP contribution >= 0.6 is 0 Å². The van der Waals surface area contributed by atoms with Crippen molar-refractivity contribution in [2.45, 2.75) is 12.5 Å². The molecule has 0 saturated heterocycles. The van der Waals surface area contributed by atoms with Crippen molar-refractivity contribution < 1.29 is 27.1 Å². The zero-order valence-corrected chi connectivity index (χ0v) is 7.22. The lowest BCUT2D eigenvalue weighted by Gasteiger charge is -2.16. The summed E-state index contributed by atoms with van der Waals surface area (Å²) in [5, 5.41) is 0. The first kappa shape index (κ1) is 11.5. The third-order valence-electron chi connectivity index (χ3n) is 1.46. The van der Waals surface area contributed by atoms with E-state index in [1.165, 1.54) is 18.4 Å². The molecule has 0 aliphatic carbocycles. The Kier molecular flexibility index (Phi) is 3.28. The molecule has 0 amide bonds. The smallest absolute Gasteiger partial charge is 0.428 e. The minimum atomic E-state index is -4.57. The average molecular weight is 221 g/mol. The molecular weight excluding hydrogens is 216 g/mol. The van der Waals surface area contributed by atoms with Crippen molar-refractivity contribution in [1.82, 2.24) is 0 Å². The second-order valence-electron chi connectivity index (χ2n) is 2.59. The molecule has 0 atom stereocenters. The Balaban J connectivity index is 2.84. The number of hydrogen-bond donors (Lipinski definition) is 0. The van der Waals surface area contributed by atoms with Gasteiger partial charge in [-0.15, -0.1) is 0 Å². The van der Waals surface area contributed by atoms with Gasteiger partial charge < -0.3 is 4.74 Å². The standard InChI is InChI=1S/C9H5F4O2/c10-8(11)9(12,13)15-7-3-1-2-6(4-7)5-14/h1-4,8H. The molecule has 6 heteroatoms. The zero-order valence-electron chi connectivity index (χ0n) is 7.22. The molecule has 1 aromatic rings. The van der Waals surface area contributed by atoms with Crippen molar-refractivity contribution in [3.05, 3.63) is 29.8 Å². The van der Waals surface area contributed by atoms with Crippen LogP contribution in [-0.2, 0) is 4.79 Å². The molecule has 0 saturated carbocycles. The van der Waals surface area contributed by atoms with E-state index in [0.717, 1.165) is 12.1 Å². The van der Waals surface area contributed by atoms with Gasteiger partial charge in [0.15, 0.2) is 0 Å². The van der Waals surface area contributed by atoms with Crippen LogP contribution in [0, 0.1) is 0 Å². The van der Waals surface area contributed by atoms with Crippen LogP contribution in [0.4, 0.5) is 17.6 Å². The number of ether oxygens (including phenoxy) is 1. The van der Waals surface area contributed by atoms with Gasteiger partial charge in [-0.25, -0.2) is 0 Å². The van der Waals surface area contributed by atoms with Gasteiger partial charge in [0.2, 0.25) is 6.29 Å². The first-order valence-corrected chi connectivity index (χ1v) is 3.79. The second-order valence-corrected chi connectivity index (χ2v) is 2.59. The van der Waals surface area contributed by atoms with E-state index < -0.39 is 18.3 Å². The summed E-state index contributed by atoms with van der Waals surface area (Å²) in [6, 6.07) is 4.43. The van der Waals surface area contributed by atoms with Crippen LogP contribution in [0.25, 0.3) is 0 Å². The fourth-order valence-corrected chi connectivity index (χ4v) is 0.825. The molecule has 1 radical (unpaired) electrons. The molecule has 81 valence electrons. The van der Waals surface area contributed by atoms with Crippen molar-refractivity contribution in [2.24, 2.45) is 0 Å². The molecule has 0 bridgehead atoms. The van der Waals surface area contributed by atoms with Crippen LogP contribution < -0.4 is 4.74 Å². The van der Waals surface area contributed by atoms with Crippen molar-refractivity contribution in [3.8, 4) is 5.75 Å². The lowest BCUT2D eigenvalue weighted by Crippen LogP contribution is -2.33. The number of carbonyl (C=O) groups excluding carboxylic acids is 1. The highest BCUT2D eigenvalue weighted by atomic mass is 19.3. The van der Waals surface area contributed by atoms with Gasteiger partial charge in [-0.3, -0.25) is 4.79 Å². The van der Waals surface area contributed by atoms with E-state index in [-0.39, 0.29) is 5.56 Å². The Hall–Kier alpha value is -1.59. The quantitative estimate of drug-likeness (QED) is 0.729. The van der Waals surface area contributed by atoms with Gasteiger partial charge in [-0.1, -0.05) is 12.1 Å². The number of halogens is 4. The lowest BCUT2D eigenvalue weighted by atomic mass is 10.2. The molecule has 0 aromatic heterocycles. The van der Waals surface area contributed by atoms with Gasteiger partial charge in [0.1, 0.15) is 5.75 Å². The molecule has 2 nitrogen and oxygen atoms in total. The summed E-state index contributed by atoms with van der Waals surface area (Å²) in [6.45, 7) is 0. The van der Waals surface area contributed by atoms with E-state index in [0.29, 0.717) is 0 Å². The number of benzene rings is 1. The van der Waals surface area contributed by atoms with Crippen molar-refractivity contribution >= 4 is 6.29 Å². The van der Waals surface area contributed by atoms with E-state index in [2.05, 4.69) is 4.74 Å². The first-order chi connectivity index (χ1) is 6.95. The fourth-order valence-electron chi connectivity index (χ4n) is 0.825. The van der Waals surface area contributed by atoms with Crippen molar-refractivity contribution in [3.63, 3.8) is 0 Å². The summed E-state index contributed by atoms with van der Waals surface area (Å²) in [5.74, 6) is -0.513. The van der Waals surface area contributed by atoms with Gasteiger partial charge in [-0.2, -0.15) is 17.6 Å². The predicted molar refractivity (Wildman–Crippen MR) is 42.8 cm³/mol. The average Bonchev–Trinajstić information content (AvgIpc) is 2.17. The number of rotatable bonds is 4. The van der Waals surface area contributed by atoms with Crippen molar-refractivity contribution in [2.75, 3.05) is 0 Å². The summed E-state index contributed by atoms with van der Waals surface area (Å²) in [4.78, 5) is 10.1. The first-order valence-electron chi connectivity index (χ1n) is 3.79. The van der Waals surface area contributed by atoms with Crippen LogP contribution in [0.3, 0.4) is 0 Å². The summed E-state index contributed by atoms with van der Waals surface area (Å²) >= 11 is 0. The fraction of sp³-hybridized carbons (Fsp3) is 0.222. The Morgan fingerprint density at radius 1 is 1.33 bits per heavy atom. The number of alkyl halides is 4.